The van der Waals surface area contributed by atoms with E-state index in [1.807, 2.05) is 0 Å². The molecule has 0 heterocycles. The monoisotopic (exact) mass is 187 g/mol. The van der Waals surface area contributed by atoms with Gasteiger partial charge in [-0.1, -0.05) is 26.2 Å². The maximum Gasteiger partial charge on any atom is 0.110 e. The maximum absolute atomic E-state index is 5.61. The molecule has 13 heavy (non-hydrogen) atoms. The summed E-state index contributed by atoms with van der Waals surface area (Å²) in [5, 5.41) is 0. The Hall–Kier alpha value is -0.0800. The van der Waals surface area contributed by atoms with Crippen molar-refractivity contribution in [2.45, 2.75) is 52.2 Å². The van der Waals surface area contributed by atoms with Gasteiger partial charge >= 0.3 is 0 Å². The van der Waals surface area contributed by atoms with Crippen LogP contribution in [0.15, 0.2) is 0 Å². The Morgan fingerprint density at radius 1 is 1.08 bits per heavy atom. The van der Waals surface area contributed by atoms with Crippen molar-refractivity contribution in [3.05, 3.63) is 0 Å². The lowest BCUT2D eigenvalue weighted by atomic mass is 10.1. The minimum Gasteiger partial charge on any atom is -0.363 e. The Kier molecular flexibility index (Phi) is 8.46. The summed E-state index contributed by atoms with van der Waals surface area (Å²) >= 11 is 0. The lowest BCUT2D eigenvalue weighted by Gasteiger charge is -2.23. The predicted molar refractivity (Wildman–Crippen MR) is 57.9 cm³/mol. The standard InChI is InChI=1S/C11H25NO/c1-5-7-8-9-10-11(12(3)4)13-6-2/h11H,5-10H2,1-4H3. The van der Waals surface area contributed by atoms with Gasteiger partial charge in [0.25, 0.3) is 0 Å². The molecule has 0 aromatic heterocycles. The molecule has 1 unspecified atom stereocenters. The molecule has 0 N–H and O–H groups in total. The molecule has 0 rings (SSSR count). The molecule has 0 aliphatic carbocycles. The van der Waals surface area contributed by atoms with Crippen molar-refractivity contribution < 1.29 is 4.74 Å². The summed E-state index contributed by atoms with van der Waals surface area (Å²) in [5.41, 5.74) is 0. The van der Waals surface area contributed by atoms with E-state index in [0.29, 0.717) is 6.23 Å². The van der Waals surface area contributed by atoms with Crippen LogP contribution in [-0.2, 0) is 4.74 Å². The Balaban J connectivity index is 3.45. The van der Waals surface area contributed by atoms with Gasteiger partial charge < -0.3 is 4.74 Å². The van der Waals surface area contributed by atoms with Crippen molar-refractivity contribution in [2.24, 2.45) is 0 Å². The summed E-state index contributed by atoms with van der Waals surface area (Å²) in [6, 6.07) is 0. The average molecular weight is 187 g/mol. The van der Waals surface area contributed by atoms with E-state index < -0.39 is 0 Å². The second-order valence-corrected chi connectivity index (χ2v) is 3.72. The van der Waals surface area contributed by atoms with Crippen molar-refractivity contribution in [3.8, 4) is 0 Å². The van der Waals surface area contributed by atoms with Gasteiger partial charge in [0.05, 0.1) is 0 Å². The van der Waals surface area contributed by atoms with Crippen molar-refractivity contribution >= 4 is 0 Å². The normalized spacial score (nSPS) is 13.6. The van der Waals surface area contributed by atoms with Crippen molar-refractivity contribution in [2.75, 3.05) is 20.7 Å². The molecule has 0 spiro atoms. The third kappa shape index (κ3) is 7.03. The highest BCUT2D eigenvalue weighted by Crippen LogP contribution is 2.09. The molecule has 0 aliphatic heterocycles. The van der Waals surface area contributed by atoms with E-state index in [4.69, 9.17) is 4.74 Å². The second kappa shape index (κ2) is 8.52. The quantitative estimate of drug-likeness (QED) is 0.428. The molecule has 0 aliphatic rings. The van der Waals surface area contributed by atoms with Gasteiger partial charge in [0.1, 0.15) is 6.23 Å². The smallest absolute Gasteiger partial charge is 0.110 e. The van der Waals surface area contributed by atoms with Crippen LogP contribution < -0.4 is 0 Å². The van der Waals surface area contributed by atoms with E-state index in [1.54, 1.807) is 0 Å². The molecule has 2 nitrogen and oxygen atoms in total. The Labute approximate surface area is 83.3 Å². The lowest BCUT2D eigenvalue weighted by Crippen LogP contribution is -2.30. The molecule has 1 atom stereocenters. The van der Waals surface area contributed by atoms with Crippen LogP contribution in [0.5, 0.6) is 0 Å². The largest absolute Gasteiger partial charge is 0.363 e. The predicted octanol–water partition coefficient (Wildman–Crippen LogP) is 2.88. The maximum atomic E-state index is 5.61. The summed E-state index contributed by atoms with van der Waals surface area (Å²) in [6.07, 6.45) is 6.78. The van der Waals surface area contributed by atoms with Crippen LogP contribution in [0, 0.1) is 0 Å². The van der Waals surface area contributed by atoms with E-state index in [2.05, 4.69) is 32.8 Å². The highest BCUT2D eigenvalue weighted by Gasteiger charge is 2.09. The van der Waals surface area contributed by atoms with E-state index in [1.165, 1.54) is 32.1 Å². The Morgan fingerprint density at radius 3 is 2.23 bits per heavy atom. The zero-order valence-electron chi connectivity index (χ0n) is 9.68. The third-order valence-electron chi connectivity index (χ3n) is 2.24. The fourth-order valence-electron chi connectivity index (χ4n) is 1.43. The van der Waals surface area contributed by atoms with Crippen LogP contribution in [0.1, 0.15) is 46.0 Å². The summed E-state index contributed by atoms with van der Waals surface area (Å²) in [7, 11) is 4.17. The molecule has 0 aromatic carbocycles. The van der Waals surface area contributed by atoms with Crippen LogP contribution in [0.25, 0.3) is 0 Å². The molecule has 0 amide bonds. The SMILES string of the molecule is CCCCCCC(OCC)N(C)C. The molecule has 0 saturated carbocycles. The van der Waals surface area contributed by atoms with Gasteiger partial charge in [-0.05, 0) is 33.9 Å². The van der Waals surface area contributed by atoms with Gasteiger partial charge in [0, 0.05) is 6.61 Å². The zero-order valence-corrected chi connectivity index (χ0v) is 9.68. The summed E-state index contributed by atoms with van der Waals surface area (Å²) in [5.74, 6) is 0. The van der Waals surface area contributed by atoms with E-state index in [-0.39, 0.29) is 0 Å². The van der Waals surface area contributed by atoms with Gasteiger partial charge in [-0.15, -0.1) is 0 Å². The first kappa shape index (κ1) is 12.9. The molecule has 0 aromatic rings. The van der Waals surface area contributed by atoms with Crippen molar-refractivity contribution in [1.29, 1.82) is 0 Å². The molecule has 2 heteroatoms. The third-order valence-corrected chi connectivity index (χ3v) is 2.24. The minimum atomic E-state index is 0.321. The molecule has 0 radical (unpaired) electrons. The molecule has 80 valence electrons. The first-order chi connectivity index (χ1) is 6.22. The van der Waals surface area contributed by atoms with Crippen LogP contribution in [0.4, 0.5) is 0 Å². The number of unbranched alkanes of at least 4 members (excludes halogenated alkanes) is 3. The lowest BCUT2D eigenvalue weighted by molar-refractivity contribution is -0.0362. The van der Waals surface area contributed by atoms with Gasteiger partial charge in [0.15, 0.2) is 0 Å². The number of rotatable bonds is 8. The van der Waals surface area contributed by atoms with E-state index in [9.17, 15) is 0 Å². The van der Waals surface area contributed by atoms with E-state index in [0.717, 1.165) is 6.61 Å². The Morgan fingerprint density at radius 2 is 1.77 bits per heavy atom. The molecular formula is C11H25NO. The first-order valence-corrected chi connectivity index (χ1v) is 5.50. The fraction of sp³-hybridized carbons (Fsp3) is 1.00. The number of hydrogen-bond donors (Lipinski definition) is 0. The molecular weight excluding hydrogens is 162 g/mol. The minimum absolute atomic E-state index is 0.321. The topological polar surface area (TPSA) is 12.5 Å². The van der Waals surface area contributed by atoms with Gasteiger partial charge in [-0.3, -0.25) is 4.90 Å². The van der Waals surface area contributed by atoms with Crippen LogP contribution >= 0.6 is 0 Å². The van der Waals surface area contributed by atoms with E-state index >= 15 is 0 Å². The van der Waals surface area contributed by atoms with Crippen LogP contribution in [-0.4, -0.2) is 31.8 Å². The van der Waals surface area contributed by atoms with Crippen LogP contribution in [0.3, 0.4) is 0 Å². The number of hydrogen-bond acceptors (Lipinski definition) is 2. The highest BCUT2D eigenvalue weighted by molar-refractivity contribution is 4.54. The molecule has 0 bridgehead atoms. The summed E-state index contributed by atoms with van der Waals surface area (Å²) < 4.78 is 5.61. The first-order valence-electron chi connectivity index (χ1n) is 5.50. The van der Waals surface area contributed by atoms with Crippen molar-refractivity contribution in [1.82, 2.24) is 4.90 Å². The number of ether oxygens (including phenoxy) is 1. The summed E-state index contributed by atoms with van der Waals surface area (Å²) in [6.45, 7) is 5.12. The average Bonchev–Trinajstić information content (AvgIpc) is 2.10. The summed E-state index contributed by atoms with van der Waals surface area (Å²) in [4.78, 5) is 2.16. The zero-order chi connectivity index (χ0) is 10.1. The van der Waals surface area contributed by atoms with Crippen molar-refractivity contribution in [3.63, 3.8) is 0 Å². The Bertz CT molecular complexity index is 104. The highest BCUT2D eigenvalue weighted by atomic mass is 16.5. The fourth-order valence-corrected chi connectivity index (χ4v) is 1.43. The number of nitrogens with zero attached hydrogens (tertiary/aromatic N) is 1. The van der Waals surface area contributed by atoms with Gasteiger partial charge in [0.2, 0.25) is 0 Å². The van der Waals surface area contributed by atoms with Gasteiger partial charge in [-0.25, -0.2) is 0 Å². The van der Waals surface area contributed by atoms with Gasteiger partial charge in [-0.2, -0.15) is 0 Å². The second-order valence-electron chi connectivity index (χ2n) is 3.72. The molecule has 0 fully saturated rings. The molecule has 0 saturated heterocycles. The van der Waals surface area contributed by atoms with Crippen LogP contribution in [0.2, 0.25) is 0 Å².